The molecule has 0 saturated heterocycles. The van der Waals surface area contributed by atoms with E-state index in [0.717, 1.165) is 11.3 Å². The number of hydrogen-bond donors (Lipinski definition) is 1. The number of hydrogen-bond acceptors (Lipinski definition) is 7. The molecular formula is C19H15ClF4N4O3S. The second kappa shape index (κ2) is 9.76. The number of carbonyl (C=O) groups excluding carboxylic acids is 1. The van der Waals surface area contributed by atoms with Gasteiger partial charge in [-0.3, -0.25) is 15.1 Å². The summed E-state index contributed by atoms with van der Waals surface area (Å²) in [6, 6.07) is 4.30. The second-order valence-corrected chi connectivity index (χ2v) is 7.84. The zero-order valence-corrected chi connectivity index (χ0v) is 18.2. The fraction of sp³-hybridized carbons (Fsp3) is 0.263. The lowest BCUT2D eigenvalue weighted by Gasteiger charge is -2.14. The highest BCUT2D eigenvalue weighted by Crippen LogP contribution is 2.38. The molecule has 3 aromatic rings. The Kier molecular flexibility index (Phi) is 7.26. The third-order valence-electron chi connectivity index (χ3n) is 4.01. The molecule has 0 spiro atoms. The van der Waals surface area contributed by atoms with Gasteiger partial charge in [-0.15, -0.1) is 10.2 Å². The molecule has 2 heterocycles. The smallest absolute Gasteiger partial charge is 0.411 e. The standard InChI is InChI=1S/C19H15ClF4N4O3S/c1-9-5-10(15-13(30-2)4-3-12(20)16(15)21)11(6-25-9)17(29)26-18-28-27-14(32-18)7-31-8-19(22,23)24/h3-6H,7-8H2,1-2H3,(H,26,28,29). The van der Waals surface area contributed by atoms with Crippen molar-refractivity contribution < 1.29 is 31.8 Å². The monoisotopic (exact) mass is 490 g/mol. The van der Waals surface area contributed by atoms with Crippen LogP contribution in [0.4, 0.5) is 22.7 Å². The number of aromatic nitrogens is 3. The summed E-state index contributed by atoms with van der Waals surface area (Å²) in [6.45, 7) is -0.187. The number of benzene rings is 1. The molecule has 0 aliphatic rings. The van der Waals surface area contributed by atoms with Gasteiger partial charge >= 0.3 is 6.18 Å². The molecule has 0 bridgehead atoms. The lowest BCUT2D eigenvalue weighted by Crippen LogP contribution is -2.16. The average Bonchev–Trinajstić information content (AvgIpc) is 3.15. The Morgan fingerprint density at radius 1 is 1.28 bits per heavy atom. The largest absolute Gasteiger partial charge is 0.496 e. The molecule has 0 fully saturated rings. The van der Waals surface area contributed by atoms with E-state index in [9.17, 15) is 22.4 Å². The van der Waals surface area contributed by atoms with Gasteiger partial charge in [0.05, 0.1) is 23.3 Å². The molecule has 13 heteroatoms. The fourth-order valence-electron chi connectivity index (χ4n) is 2.68. The molecule has 32 heavy (non-hydrogen) atoms. The van der Waals surface area contributed by atoms with Gasteiger partial charge in [-0.05, 0) is 25.1 Å². The first-order valence-electron chi connectivity index (χ1n) is 8.86. The summed E-state index contributed by atoms with van der Waals surface area (Å²) in [5.41, 5.74) is 0.678. The Morgan fingerprint density at radius 3 is 2.72 bits per heavy atom. The topological polar surface area (TPSA) is 86.2 Å². The van der Waals surface area contributed by atoms with Crippen molar-refractivity contribution in [2.24, 2.45) is 0 Å². The highest BCUT2D eigenvalue weighted by Gasteiger charge is 2.28. The summed E-state index contributed by atoms with van der Waals surface area (Å²) < 4.78 is 61.1. The molecule has 2 aromatic heterocycles. The minimum Gasteiger partial charge on any atom is -0.496 e. The van der Waals surface area contributed by atoms with Crippen LogP contribution >= 0.6 is 22.9 Å². The van der Waals surface area contributed by atoms with E-state index in [0.29, 0.717) is 5.69 Å². The molecule has 0 aliphatic heterocycles. The molecule has 0 aliphatic carbocycles. The van der Waals surface area contributed by atoms with Gasteiger partial charge in [-0.1, -0.05) is 22.9 Å². The van der Waals surface area contributed by atoms with E-state index in [1.54, 1.807) is 6.92 Å². The Morgan fingerprint density at radius 2 is 2.03 bits per heavy atom. The van der Waals surface area contributed by atoms with Crippen molar-refractivity contribution in [3.63, 3.8) is 0 Å². The van der Waals surface area contributed by atoms with Crippen LogP contribution in [0.1, 0.15) is 21.1 Å². The molecule has 1 aromatic carbocycles. The van der Waals surface area contributed by atoms with Crippen LogP contribution in [-0.2, 0) is 11.3 Å². The van der Waals surface area contributed by atoms with Crippen LogP contribution < -0.4 is 10.1 Å². The van der Waals surface area contributed by atoms with E-state index in [1.807, 2.05) is 0 Å². The molecular weight excluding hydrogens is 476 g/mol. The zero-order chi connectivity index (χ0) is 23.5. The first kappa shape index (κ1) is 23.8. The average molecular weight is 491 g/mol. The van der Waals surface area contributed by atoms with Gasteiger partial charge in [0, 0.05) is 17.5 Å². The van der Waals surface area contributed by atoms with E-state index in [-0.39, 0.29) is 37.6 Å². The van der Waals surface area contributed by atoms with E-state index >= 15 is 0 Å². The lowest BCUT2D eigenvalue weighted by molar-refractivity contribution is -0.176. The van der Waals surface area contributed by atoms with Crippen molar-refractivity contribution in [3.05, 3.63) is 51.5 Å². The van der Waals surface area contributed by atoms with Gasteiger partial charge in [0.15, 0.2) is 5.82 Å². The van der Waals surface area contributed by atoms with Crippen LogP contribution in [0.25, 0.3) is 11.1 Å². The Hall–Kier alpha value is -2.83. The van der Waals surface area contributed by atoms with Crippen LogP contribution in [0.5, 0.6) is 5.75 Å². The van der Waals surface area contributed by atoms with Gasteiger partial charge < -0.3 is 9.47 Å². The van der Waals surface area contributed by atoms with Crippen molar-refractivity contribution in [1.82, 2.24) is 15.2 Å². The molecule has 0 atom stereocenters. The van der Waals surface area contributed by atoms with E-state index in [2.05, 4.69) is 25.2 Å². The van der Waals surface area contributed by atoms with Gasteiger partial charge in [0.1, 0.15) is 24.0 Å². The number of anilines is 1. The summed E-state index contributed by atoms with van der Waals surface area (Å²) in [5.74, 6) is -1.30. The minimum atomic E-state index is -4.47. The number of halogens is 5. The maximum Gasteiger partial charge on any atom is 0.411 e. The summed E-state index contributed by atoms with van der Waals surface area (Å²) >= 11 is 6.76. The summed E-state index contributed by atoms with van der Waals surface area (Å²) in [5, 5.41) is 9.87. The Balaban J connectivity index is 1.86. The fourth-order valence-corrected chi connectivity index (χ4v) is 3.51. The molecule has 1 N–H and O–H groups in total. The molecule has 3 rings (SSSR count). The SMILES string of the molecule is COc1ccc(Cl)c(F)c1-c1cc(C)ncc1C(=O)Nc1nnc(COCC(F)(F)F)s1. The van der Waals surface area contributed by atoms with Gasteiger partial charge in [-0.2, -0.15) is 13.2 Å². The van der Waals surface area contributed by atoms with Crippen LogP contribution in [0.3, 0.4) is 0 Å². The van der Waals surface area contributed by atoms with Gasteiger partial charge in [0.2, 0.25) is 5.13 Å². The first-order valence-corrected chi connectivity index (χ1v) is 10.1. The van der Waals surface area contributed by atoms with Crippen molar-refractivity contribution in [3.8, 4) is 16.9 Å². The van der Waals surface area contributed by atoms with Gasteiger partial charge in [-0.25, -0.2) is 4.39 Å². The summed E-state index contributed by atoms with van der Waals surface area (Å²) in [4.78, 5) is 17.0. The number of rotatable bonds is 7. The van der Waals surface area contributed by atoms with Crippen molar-refractivity contribution >= 4 is 34.0 Å². The number of aryl methyl sites for hydroxylation is 1. The van der Waals surface area contributed by atoms with Gasteiger partial charge in [0.25, 0.3) is 5.91 Å². The molecule has 7 nitrogen and oxygen atoms in total. The molecule has 170 valence electrons. The number of carbonyl (C=O) groups is 1. The number of amides is 1. The molecule has 0 unspecified atom stereocenters. The van der Waals surface area contributed by atoms with Crippen LogP contribution in [0.15, 0.2) is 24.4 Å². The van der Waals surface area contributed by atoms with Crippen LogP contribution in [-0.4, -0.2) is 41.0 Å². The number of nitrogens with zero attached hydrogens (tertiary/aromatic N) is 3. The quantitative estimate of drug-likeness (QED) is 0.467. The number of nitrogens with one attached hydrogen (secondary N) is 1. The number of methoxy groups -OCH3 is 1. The normalized spacial score (nSPS) is 11.5. The van der Waals surface area contributed by atoms with Crippen molar-refractivity contribution in [2.75, 3.05) is 19.0 Å². The van der Waals surface area contributed by atoms with Crippen molar-refractivity contribution in [2.45, 2.75) is 19.7 Å². The molecule has 0 saturated carbocycles. The number of alkyl halides is 3. The predicted molar refractivity (Wildman–Crippen MR) is 110 cm³/mol. The van der Waals surface area contributed by atoms with E-state index in [1.165, 1.54) is 31.5 Å². The predicted octanol–water partition coefficient (Wildman–Crippen LogP) is 5.04. The molecule has 0 radical (unpaired) electrons. The number of ether oxygens (including phenoxy) is 2. The van der Waals surface area contributed by atoms with E-state index < -0.39 is 31.1 Å². The highest BCUT2D eigenvalue weighted by molar-refractivity contribution is 7.15. The third kappa shape index (κ3) is 5.69. The zero-order valence-electron chi connectivity index (χ0n) is 16.6. The maximum absolute atomic E-state index is 14.9. The van der Waals surface area contributed by atoms with Crippen LogP contribution in [0.2, 0.25) is 5.02 Å². The maximum atomic E-state index is 14.9. The summed E-state index contributed by atoms with van der Waals surface area (Å²) in [7, 11) is 1.35. The van der Waals surface area contributed by atoms with E-state index in [4.69, 9.17) is 16.3 Å². The minimum absolute atomic E-state index is 0.000128. The second-order valence-electron chi connectivity index (χ2n) is 6.37. The lowest BCUT2D eigenvalue weighted by atomic mass is 9.98. The highest BCUT2D eigenvalue weighted by atomic mass is 35.5. The van der Waals surface area contributed by atoms with Crippen LogP contribution in [0, 0.1) is 12.7 Å². The third-order valence-corrected chi connectivity index (χ3v) is 5.11. The summed E-state index contributed by atoms with van der Waals surface area (Å²) in [6.07, 6.45) is -3.21. The first-order chi connectivity index (χ1) is 15.1. The van der Waals surface area contributed by atoms with Crippen molar-refractivity contribution in [1.29, 1.82) is 0 Å². The Labute approximate surface area is 188 Å². The Bertz CT molecular complexity index is 1140. The molecule has 1 amide bonds. The number of pyridine rings is 1.